The molecule has 0 spiro atoms. The minimum absolute atomic E-state index is 0.127. The van der Waals surface area contributed by atoms with Crippen LogP contribution in [0.15, 0.2) is 60.8 Å². The summed E-state index contributed by atoms with van der Waals surface area (Å²) < 4.78 is 21.9. The molecule has 1 aliphatic rings. The van der Waals surface area contributed by atoms with Crippen LogP contribution in [0.4, 0.5) is 4.39 Å². The molecule has 3 heterocycles. The predicted octanol–water partition coefficient (Wildman–Crippen LogP) is 4.18. The van der Waals surface area contributed by atoms with Crippen LogP contribution in [0, 0.1) is 12.7 Å². The Labute approximate surface area is 194 Å². The van der Waals surface area contributed by atoms with E-state index in [0.29, 0.717) is 52.1 Å². The van der Waals surface area contributed by atoms with Crippen molar-refractivity contribution in [2.75, 3.05) is 6.61 Å². The summed E-state index contributed by atoms with van der Waals surface area (Å²) >= 11 is 0. The first-order valence-corrected chi connectivity index (χ1v) is 10.8. The van der Waals surface area contributed by atoms with Crippen LogP contribution in [0.5, 0.6) is 5.75 Å². The predicted molar refractivity (Wildman–Crippen MR) is 124 cm³/mol. The Morgan fingerprint density at radius 1 is 1.18 bits per heavy atom. The Balaban J connectivity index is 1.62. The van der Waals surface area contributed by atoms with Crippen LogP contribution in [0.3, 0.4) is 0 Å². The van der Waals surface area contributed by atoms with E-state index in [1.807, 2.05) is 0 Å². The van der Waals surface area contributed by atoms with Crippen molar-refractivity contribution in [3.8, 4) is 5.75 Å². The number of fused-ring (bicyclic) bond motifs is 2. The number of hydrogen-bond acceptors (Lipinski definition) is 4. The molecule has 1 atom stereocenters. The summed E-state index contributed by atoms with van der Waals surface area (Å²) in [4.78, 5) is 29.5. The summed E-state index contributed by atoms with van der Waals surface area (Å²) in [6, 6.07) is 15.0. The van der Waals surface area contributed by atoms with E-state index in [2.05, 4.69) is 10.3 Å². The molecule has 8 heteroatoms. The van der Waals surface area contributed by atoms with E-state index in [1.54, 1.807) is 68.7 Å². The number of ether oxygens (including phenoxy) is 1. The fourth-order valence-corrected chi connectivity index (χ4v) is 4.54. The molecule has 0 unspecified atom stereocenters. The molecule has 34 heavy (non-hydrogen) atoms. The second-order valence-electron chi connectivity index (χ2n) is 8.44. The van der Waals surface area contributed by atoms with Gasteiger partial charge in [0.05, 0.1) is 6.61 Å². The lowest BCUT2D eigenvalue weighted by Crippen LogP contribution is -2.50. The maximum atomic E-state index is 14.6. The van der Waals surface area contributed by atoms with Gasteiger partial charge in [0, 0.05) is 36.1 Å². The fourth-order valence-electron chi connectivity index (χ4n) is 4.54. The molecule has 2 N–H and O–H groups in total. The van der Waals surface area contributed by atoms with Crippen LogP contribution < -0.4 is 10.1 Å². The van der Waals surface area contributed by atoms with Gasteiger partial charge in [-0.2, -0.15) is 0 Å². The molecule has 0 fully saturated rings. The number of benzene rings is 2. The number of carboxylic acid groups (broad SMARTS) is 1. The van der Waals surface area contributed by atoms with Crippen molar-refractivity contribution in [3.05, 3.63) is 94.7 Å². The average Bonchev–Trinajstić information content (AvgIpc) is 3.17. The largest absolute Gasteiger partial charge is 0.491 e. The summed E-state index contributed by atoms with van der Waals surface area (Å²) in [7, 11) is 1.64. The molecular formula is C26H22FN3O4. The number of aryl methyl sites for hydroxylation is 2. The van der Waals surface area contributed by atoms with Gasteiger partial charge in [0.2, 0.25) is 0 Å². The maximum absolute atomic E-state index is 14.6. The van der Waals surface area contributed by atoms with Crippen molar-refractivity contribution in [2.24, 2.45) is 7.05 Å². The Hall–Kier alpha value is -4.20. The zero-order valence-corrected chi connectivity index (χ0v) is 18.6. The number of nitrogens with zero attached hydrogens (tertiary/aromatic N) is 2. The van der Waals surface area contributed by atoms with Crippen molar-refractivity contribution < 1.29 is 23.8 Å². The maximum Gasteiger partial charge on any atom is 0.352 e. The molecule has 0 aliphatic carbocycles. The van der Waals surface area contributed by atoms with Crippen LogP contribution in [0.1, 0.15) is 44.1 Å². The quantitative estimate of drug-likeness (QED) is 0.478. The number of hydrogen-bond donors (Lipinski definition) is 2. The first-order valence-electron chi connectivity index (χ1n) is 10.8. The zero-order valence-electron chi connectivity index (χ0n) is 18.6. The number of nitrogens with one attached hydrogen (secondary N) is 1. The van der Waals surface area contributed by atoms with E-state index in [0.717, 1.165) is 0 Å². The number of amides is 1. The number of carbonyl (C=O) groups is 2. The molecule has 172 valence electrons. The van der Waals surface area contributed by atoms with E-state index in [1.165, 1.54) is 10.6 Å². The highest BCUT2D eigenvalue weighted by atomic mass is 19.1. The van der Waals surface area contributed by atoms with Gasteiger partial charge >= 0.3 is 5.97 Å². The number of carbonyl (C=O) groups excluding carboxylic acids is 1. The monoisotopic (exact) mass is 459 g/mol. The van der Waals surface area contributed by atoms with Gasteiger partial charge in [0.1, 0.15) is 28.5 Å². The Kier molecular flexibility index (Phi) is 5.08. The lowest BCUT2D eigenvalue weighted by atomic mass is 9.80. The van der Waals surface area contributed by atoms with Gasteiger partial charge in [-0.15, -0.1) is 0 Å². The average molecular weight is 459 g/mol. The molecule has 1 aliphatic heterocycles. The number of carboxylic acids is 1. The topological polar surface area (TPSA) is 93.5 Å². The number of halogens is 1. The minimum Gasteiger partial charge on any atom is -0.491 e. The molecule has 2 aromatic heterocycles. The van der Waals surface area contributed by atoms with Crippen molar-refractivity contribution >= 4 is 22.8 Å². The molecular weight excluding hydrogens is 437 g/mol. The molecule has 0 saturated carbocycles. The van der Waals surface area contributed by atoms with Gasteiger partial charge in [-0.05, 0) is 54.4 Å². The number of aromatic carboxylic acids is 1. The van der Waals surface area contributed by atoms with Crippen molar-refractivity contribution in [1.82, 2.24) is 14.9 Å². The van der Waals surface area contributed by atoms with Crippen LogP contribution in [0.25, 0.3) is 10.9 Å². The normalized spacial score (nSPS) is 17.1. The summed E-state index contributed by atoms with van der Waals surface area (Å²) in [5, 5.41) is 13.2. The molecule has 2 aromatic carbocycles. The van der Waals surface area contributed by atoms with Crippen molar-refractivity contribution in [1.29, 1.82) is 0 Å². The van der Waals surface area contributed by atoms with E-state index in [4.69, 9.17) is 4.74 Å². The molecule has 4 aromatic rings. The zero-order chi connectivity index (χ0) is 24.0. The van der Waals surface area contributed by atoms with Gasteiger partial charge in [0.15, 0.2) is 0 Å². The third-order valence-electron chi connectivity index (χ3n) is 6.43. The first kappa shape index (κ1) is 21.6. The second kappa shape index (κ2) is 7.98. The molecule has 0 radical (unpaired) electrons. The van der Waals surface area contributed by atoms with Gasteiger partial charge in [0.25, 0.3) is 5.91 Å². The third-order valence-corrected chi connectivity index (χ3v) is 6.43. The molecule has 5 rings (SSSR count). The van der Waals surface area contributed by atoms with Crippen molar-refractivity contribution in [2.45, 2.75) is 18.9 Å². The van der Waals surface area contributed by atoms with Crippen molar-refractivity contribution in [3.63, 3.8) is 0 Å². The SMILES string of the molecule is Cc1ccc([C@@]2(NC(=O)c3ccc4cc(C(=O)O)n(C)c4c3)CCOc3cccnc32)cc1F. The minimum atomic E-state index is -1.10. The summed E-state index contributed by atoms with van der Waals surface area (Å²) in [5.74, 6) is -1.28. The van der Waals surface area contributed by atoms with Crippen LogP contribution in [-0.2, 0) is 12.6 Å². The Bertz CT molecular complexity index is 1460. The van der Waals surface area contributed by atoms with E-state index < -0.39 is 11.5 Å². The second-order valence-corrected chi connectivity index (χ2v) is 8.44. The van der Waals surface area contributed by atoms with E-state index in [-0.39, 0.29) is 17.4 Å². The summed E-state index contributed by atoms with van der Waals surface area (Å²) in [6.45, 7) is 1.99. The lowest BCUT2D eigenvalue weighted by Gasteiger charge is -2.39. The molecule has 1 amide bonds. The highest BCUT2D eigenvalue weighted by molar-refractivity contribution is 6.01. The van der Waals surface area contributed by atoms with Gasteiger partial charge in [-0.3, -0.25) is 9.78 Å². The molecule has 0 bridgehead atoms. The van der Waals surface area contributed by atoms with Gasteiger partial charge in [-0.1, -0.05) is 18.2 Å². The smallest absolute Gasteiger partial charge is 0.352 e. The fraction of sp³-hybridized carbons (Fsp3) is 0.192. The van der Waals surface area contributed by atoms with Crippen LogP contribution in [-0.4, -0.2) is 33.1 Å². The summed E-state index contributed by atoms with van der Waals surface area (Å²) in [6.07, 6.45) is 1.98. The first-order chi connectivity index (χ1) is 16.3. The highest BCUT2D eigenvalue weighted by Crippen LogP contribution is 2.41. The molecule has 7 nitrogen and oxygen atoms in total. The summed E-state index contributed by atoms with van der Waals surface area (Å²) in [5.41, 5.74) is 1.57. The van der Waals surface area contributed by atoms with Gasteiger partial charge in [-0.25, -0.2) is 9.18 Å². The highest BCUT2D eigenvalue weighted by Gasteiger charge is 2.43. The number of rotatable bonds is 4. The molecule has 0 saturated heterocycles. The van der Waals surface area contributed by atoms with E-state index in [9.17, 15) is 19.1 Å². The lowest BCUT2D eigenvalue weighted by molar-refractivity contribution is 0.0686. The standard InChI is InChI=1S/C26H22FN3O4/c1-15-5-8-18(14-19(15)27)26(9-11-34-22-4-3-10-28-23(22)26)29-24(31)17-7-6-16-12-21(25(32)33)30(2)20(16)13-17/h3-8,10,12-14H,9,11H2,1-2H3,(H,29,31)(H,32,33)/t26-/m0/s1. The van der Waals surface area contributed by atoms with Crippen LogP contribution >= 0.6 is 0 Å². The van der Waals surface area contributed by atoms with Gasteiger partial charge < -0.3 is 19.7 Å². The number of aromatic nitrogens is 2. The number of pyridine rings is 1. The Morgan fingerprint density at radius 3 is 2.76 bits per heavy atom. The van der Waals surface area contributed by atoms with Crippen LogP contribution in [0.2, 0.25) is 0 Å². The van der Waals surface area contributed by atoms with E-state index >= 15 is 0 Å². The Morgan fingerprint density at radius 2 is 2.00 bits per heavy atom. The third kappa shape index (κ3) is 3.39.